The molecule has 0 aromatic heterocycles. The standard InChI is InChI=1S/C36H66O11S2.Na.H/c1-5-7-9-11-13-15-17-19-21-31(3,48(37,38)39)33(23-27-43-33)35(25-29-45-35)47-36(26-30-46-36)34(24-28-44-34)32(4,49(40,41)42)22-20-18-16-14-12-10-8-6-2;;/h5-30H2,1-4H3,(H,37,38,39)(H,40,41,42);;. The van der Waals surface area contributed by atoms with E-state index in [0.717, 1.165) is 51.4 Å². The molecule has 0 saturated carbocycles. The van der Waals surface area contributed by atoms with Crippen molar-refractivity contribution in [2.45, 2.75) is 201 Å². The van der Waals surface area contributed by atoms with Crippen molar-refractivity contribution in [1.82, 2.24) is 0 Å². The Hall–Kier alpha value is 0.620. The fraction of sp³-hybridized carbons (Fsp3) is 1.00. The third-order valence-corrected chi connectivity index (χ3v) is 15.9. The first kappa shape index (κ1) is 45.0. The zero-order valence-electron chi connectivity index (χ0n) is 30.8. The molecule has 290 valence electrons. The van der Waals surface area contributed by atoms with E-state index in [4.69, 9.17) is 23.7 Å². The van der Waals surface area contributed by atoms with Gasteiger partial charge in [0.2, 0.25) is 11.6 Å². The van der Waals surface area contributed by atoms with Gasteiger partial charge in [-0.05, 0) is 26.7 Å². The number of unbranched alkanes of at least 4 members (excludes halogenated alkanes) is 14. The van der Waals surface area contributed by atoms with E-state index >= 15 is 0 Å². The number of hydrogen-bond donors (Lipinski definition) is 2. The van der Waals surface area contributed by atoms with Crippen molar-refractivity contribution in [3.63, 3.8) is 0 Å². The predicted molar refractivity (Wildman–Crippen MR) is 196 cm³/mol. The van der Waals surface area contributed by atoms with Crippen LogP contribution in [0.4, 0.5) is 0 Å². The van der Waals surface area contributed by atoms with Crippen molar-refractivity contribution < 1.29 is 49.6 Å². The van der Waals surface area contributed by atoms with Gasteiger partial charge in [-0.3, -0.25) is 9.11 Å². The average Bonchev–Trinajstić information content (AvgIpc) is 2.94. The van der Waals surface area contributed by atoms with Crippen LogP contribution in [0.1, 0.15) is 169 Å². The molecule has 50 heavy (non-hydrogen) atoms. The van der Waals surface area contributed by atoms with E-state index in [-0.39, 0.29) is 94.5 Å². The Balaban J connectivity index is 0.00000676. The van der Waals surface area contributed by atoms with Gasteiger partial charge in [-0.1, -0.05) is 117 Å². The summed E-state index contributed by atoms with van der Waals surface area (Å²) in [6.45, 7) is 8.44. The van der Waals surface area contributed by atoms with Gasteiger partial charge < -0.3 is 23.7 Å². The van der Waals surface area contributed by atoms with Crippen molar-refractivity contribution in [2.75, 3.05) is 26.4 Å². The van der Waals surface area contributed by atoms with Crippen molar-refractivity contribution in [3.8, 4) is 0 Å². The van der Waals surface area contributed by atoms with E-state index in [9.17, 15) is 25.9 Å². The molecule has 4 saturated heterocycles. The van der Waals surface area contributed by atoms with Crippen molar-refractivity contribution in [1.29, 1.82) is 0 Å². The van der Waals surface area contributed by atoms with Crippen LogP contribution in [0.2, 0.25) is 0 Å². The molecule has 4 aliphatic heterocycles. The van der Waals surface area contributed by atoms with Crippen molar-refractivity contribution >= 4 is 49.8 Å². The summed E-state index contributed by atoms with van der Waals surface area (Å²) in [5.74, 6) is -3.28. The van der Waals surface area contributed by atoms with Crippen LogP contribution in [0.25, 0.3) is 0 Å². The van der Waals surface area contributed by atoms with Crippen LogP contribution in [-0.4, -0.2) is 114 Å². The molecule has 0 bridgehead atoms. The molecule has 4 fully saturated rings. The quantitative estimate of drug-likeness (QED) is 0.0520. The van der Waals surface area contributed by atoms with Crippen molar-refractivity contribution in [3.05, 3.63) is 0 Å². The normalized spacial score (nSPS) is 32.0. The molecule has 4 heterocycles. The Bertz CT molecular complexity index is 1160. The van der Waals surface area contributed by atoms with Gasteiger partial charge in [0, 0.05) is 25.7 Å². The van der Waals surface area contributed by atoms with Crippen LogP contribution in [0.3, 0.4) is 0 Å². The zero-order valence-corrected chi connectivity index (χ0v) is 32.4. The zero-order chi connectivity index (χ0) is 35.9. The van der Waals surface area contributed by atoms with E-state index in [1.165, 1.54) is 52.4 Å². The fourth-order valence-electron chi connectivity index (χ4n) is 8.93. The third-order valence-electron chi connectivity index (χ3n) is 12.6. The van der Waals surface area contributed by atoms with Gasteiger partial charge in [-0.25, -0.2) is 0 Å². The van der Waals surface area contributed by atoms with Crippen LogP contribution in [0.15, 0.2) is 0 Å². The summed E-state index contributed by atoms with van der Waals surface area (Å²) < 4.78 is 103. The third kappa shape index (κ3) is 8.39. The molecule has 4 aliphatic rings. The molecule has 0 radical (unpaired) electrons. The van der Waals surface area contributed by atoms with E-state index < -0.39 is 52.5 Å². The molecule has 0 aromatic rings. The summed E-state index contributed by atoms with van der Waals surface area (Å²) in [5, 5.41) is 0. The summed E-state index contributed by atoms with van der Waals surface area (Å²) in [4.78, 5) is 0. The monoisotopic (exact) mass is 762 g/mol. The molecule has 6 atom stereocenters. The van der Waals surface area contributed by atoms with Gasteiger partial charge in [0.05, 0.1) is 26.4 Å². The Labute approximate surface area is 325 Å². The summed E-state index contributed by atoms with van der Waals surface area (Å²) in [6, 6.07) is 0. The first-order valence-corrected chi connectivity index (χ1v) is 22.2. The number of ether oxygens (including phenoxy) is 5. The molecule has 0 amide bonds. The molecule has 2 N–H and O–H groups in total. The van der Waals surface area contributed by atoms with Crippen LogP contribution in [0.5, 0.6) is 0 Å². The minimum absolute atomic E-state index is 0. The van der Waals surface area contributed by atoms with Crippen LogP contribution in [0, 0.1) is 0 Å². The average molecular weight is 763 g/mol. The van der Waals surface area contributed by atoms with Gasteiger partial charge >= 0.3 is 29.6 Å². The van der Waals surface area contributed by atoms with Crippen LogP contribution < -0.4 is 0 Å². The Morgan fingerprint density at radius 1 is 0.520 bits per heavy atom. The van der Waals surface area contributed by atoms with E-state index in [1.54, 1.807) is 0 Å². The fourth-order valence-corrected chi connectivity index (χ4v) is 11.2. The predicted octanol–water partition coefficient (Wildman–Crippen LogP) is 7.26. The van der Waals surface area contributed by atoms with Gasteiger partial charge in [-0.15, -0.1) is 0 Å². The van der Waals surface area contributed by atoms with E-state index in [2.05, 4.69) is 13.8 Å². The number of hydrogen-bond acceptors (Lipinski definition) is 9. The van der Waals surface area contributed by atoms with Gasteiger partial charge in [0.1, 0.15) is 20.7 Å². The molecular weight excluding hydrogens is 696 g/mol. The number of rotatable bonds is 26. The van der Waals surface area contributed by atoms with Gasteiger partial charge in [0.25, 0.3) is 20.2 Å². The minimum atomic E-state index is -4.69. The molecule has 14 heteroatoms. The first-order valence-electron chi connectivity index (χ1n) is 19.4. The van der Waals surface area contributed by atoms with E-state index in [1.807, 2.05) is 0 Å². The van der Waals surface area contributed by atoms with Crippen LogP contribution in [-0.2, 0) is 43.9 Å². The molecule has 0 aromatic carbocycles. The Morgan fingerprint density at radius 2 is 0.780 bits per heavy atom. The maximum absolute atomic E-state index is 13.4. The van der Waals surface area contributed by atoms with Gasteiger partial charge in [0.15, 0.2) is 0 Å². The van der Waals surface area contributed by atoms with E-state index in [0.29, 0.717) is 12.8 Å². The second-order valence-corrected chi connectivity index (χ2v) is 19.2. The summed E-state index contributed by atoms with van der Waals surface area (Å²) >= 11 is 0. The van der Waals surface area contributed by atoms with Gasteiger partial charge in [-0.2, -0.15) is 16.8 Å². The summed E-state index contributed by atoms with van der Waals surface area (Å²) in [7, 11) is -9.38. The molecule has 0 aliphatic carbocycles. The summed E-state index contributed by atoms with van der Waals surface area (Å²) in [5.41, 5.74) is -3.12. The molecule has 6 unspecified atom stereocenters. The SMILES string of the molecule is CCCCCCCCCCC(C)(C1(C2(OC3(C4(C(C)(CCCCCCCCCC)S(=O)(=O)O)CCO4)CCO3)CCO2)CCO1)S(=O)(=O)O.[NaH]. The summed E-state index contributed by atoms with van der Waals surface area (Å²) in [6.07, 6.45) is 17.7. The Morgan fingerprint density at radius 3 is 0.980 bits per heavy atom. The molecule has 11 nitrogen and oxygen atoms in total. The Kier molecular flexibility index (Phi) is 16.7. The second-order valence-electron chi connectivity index (χ2n) is 15.5. The molecule has 4 rings (SSSR count). The van der Waals surface area contributed by atoms with Crippen LogP contribution >= 0.6 is 0 Å². The van der Waals surface area contributed by atoms with Crippen molar-refractivity contribution in [2.24, 2.45) is 0 Å². The molecular formula is C36H67NaO11S2. The molecule has 0 spiro atoms. The first-order chi connectivity index (χ1) is 23.2. The maximum atomic E-state index is 13.4. The topological polar surface area (TPSA) is 155 Å². The second kappa shape index (κ2) is 18.5.